The standard InChI is InChI=1S/C23H22N2O3/c1-2-28-23(27)21(16-20-10-6-7-15-24-20)25-22(26)19-13-11-18(12-14-19)17-8-4-3-5-9-17/h3-15,21H,2,16H2,1H3,(H,25,26)/t21-/m1/s1. The Hall–Kier alpha value is -3.47. The van der Waals surface area contributed by atoms with Crippen LogP contribution in [-0.4, -0.2) is 29.5 Å². The van der Waals surface area contributed by atoms with Crippen molar-refractivity contribution < 1.29 is 14.3 Å². The molecule has 0 saturated carbocycles. The van der Waals surface area contributed by atoms with E-state index in [-0.39, 0.29) is 18.9 Å². The molecule has 0 fully saturated rings. The van der Waals surface area contributed by atoms with Gasteiger partial charge in [0.15, 0.2) is 0 Å². The number of amides is 1. The van der Waals surface area contributed by atoms with E-state index in [1.807, 2.05) is 54.6 Å². The van der Waals surface area contributed by atoms with Crippen LogP contribution in [0.15, 0.2) is 79.0 Å². The zero-order valence-corrected chi connectivity index (χ0v) is 15.7. The van der Waals surface area contributed by atoms with Crippen LogP contribution in [0, 0.1) is 0 Å². The zero-order chi connectivity index (χ0) is 19.8. The van der Waals surface area contributed by atoms with Gasteiger partial charge in [-0.15, -0.1) is 0 Å². The van der Waals surface area contributed by atoms with E-state index in [4.69, 9.17) is 4.74 Å². The number of aromatic nitrogens is 1. The number of nitrogens with one attached hydrogen (secondary N) is 1. The molecular formula is C23H22N2O3. The first-order chi connectivity index (χ1) is 13.7. The SMILES string of the molecule is CCOC(=O)[C@@H](Cc1ccccn1)NC(=O)c1ccc(-c2ccccc2)cc1. The second-order valence-electron chi connectivity index (χ2n) is 6.25. The summed E-state index contributed by atoms with van der Waals surface area (Å²) in [5.74, 6) is -0.795. The first-order valence-corrected chi connectivity index (χ1v) is 9.20. The first-order valence-electron chi connectivity index (χ1n) is 9.20. The van der Waals surface area contributed by atoms with Crippen LogP contribution >= 0.6 is 0 Å². The Morgan fingerprint density at radius 1 is 0.929 bits per heavy atom. The topological polar surface area (TPSA) is 68.3 Å². The normalized spacial score (nSPS) is 11.5. The van der Waals surface area contributed by atoms with E-state index in [1.54, 1.807) is 31.3 Å². The summed E-state index contributed by atoms with van der Waals surface area (Å²) in [6.45, 7) is 1.99. The fourth-order valence-electron chi connectivity index (χ4n) is 2.85. The number of esters is 1. The number of nitrogens with zero attached hydrogens (tertiary/aromatic N) is 1. The smallest absolute Gasteiger partial charge is 0.329 e. The van der Waals surface area contributed by atoms with Crippen LogP contribution < -0.4 is 5.32 Å². The van der Waals surface area contributed by atoms with Crippen molar-refractivity contribution >= 4 is 11.9 Å². The number of carbonyl (C=O) groups is 2. The van der Waals surface area contributed by atoms with E-state index >= 15 is 0 Å². The third-order valence-corrected chi connectivity index (χ3v) is 4.27. The molecule has 0 aliphatic rings. The molecule has 3 rings (SSSR count). The molecule has 142 valence electrons. The maximum absolute atomic E-state index is 12.7. The minimum absolute atomic E-state index is 0.249. The van der Waals surface area contributed by atoms with Crippen LogP contribution in [0.1, 0.15) is 23.0 Å². The monoisotopic (exact) mass is 374 g/mol. The Labute approximate surface area is 164 Å². The number of rotatable bonds is 7. The number of benzene rings is 2. The van der Waals surface area contributed by atoms with Crippen molar-refractivity contribution in [3.63, 3.8) is 0 Å². The summed E-state index contributed by atoms with van der Waals surface area (Å²) in [5, 5.41) is 2.77. The van der Waals surface area contributed by atoms with Crippen LogP contribution in [0.3, 0.4) is 0 Å². The van der Waals surface area contributed by atoms with Gasteiger partial charge in [-0.3, -0.25) is 9.78 Å². The third-order valence-electron chi connectivity index (χ3n) is 4.27. The number of hydrogen-bond donors (Lipinski definition) is 1. The molecule has 0 aliphatic heterocycles. The Kier molecular flexibility index (Phi) is 6.52. The van der Waals surface area contributed by atoms with Gasteiger partial charge < -0.3 is 10.1 Å². The second kappa shape index (κ2) is 9.46. The summed E-state index contributed by atoms with van der Waals surface area (Å²) in [4.78, 5) is 29.2. The van der Waals surface area contributed by atoms with E-state index in [9.17, 15) is 9.59 Å². The lowest BCUT2D eigenvalue weighted by Gasteiger charge is -2.17. The summed E-state index contributed by atoms with van der Waals surface area (Å²) in [6.07, 6.45) is 1.93. The van der Waals surface area contributed by atoms with Crippen LogP contribution in [0.5, 0.6) is 0 Å². The van der Waals surface area contributed by atoms with Crippen molar-refractivity contribution in [1.29, 1.82) is 0 Å². The van der Waals surface area contributed by atoms with Gasteiger partial charge in [-0.1, -0.05) is 48.5 Å². The number of hydrogen-bond acceptors (Lipinski definition) is 4. The molecule has 5 heteroatoms. The average molecular weight is 374 g/mol. The largest absolute Gasteiger partial charge is 0.464 e. The molecule has 1 atom stereocenters. The van der Waals surface area contributed by atoms with Gasteiger partial charge in [0.1, 0.15) is 6.04 Å². The quantitative estimate of drug-likeness (QED) is 0.641. The van der Waals surface area contributed by atoms with Gasteiger partial charge in [0.05, 0.1) is 6.61 Å². The fraction of sp³-hybridized carbons (Fsp3) is 0.174. The lowest BCUT2D eigenvalue weighted by molar-refractivity contribution is -0.145. The molecular weight excluding hydrogens is 352 g/mol. The summed E-state index contributed by atoms with van der Waals surface area (Å²) < 4.78 is 5.11. The fourth-order valence-corrected chi connectivity index (χ4v) is 2.85. The van der Waals surface area contributed by atoms with Gasteiger partial charge in [-0.05, 0) is 42.3 Å². The van der Waals surface area contributed by atoms with Gasteiger partial charge in [0.25, 0.3) is 5.91 Å². The summed E-state index contributed by atoms with van der Waals surface area (Å²) >= 11 is 0. The highest BCUT2D eigenvalue weighted by molar-refractivity contribution is 5.97. The molecule has 0 radical (unpaired) electrons. The summed E-state index contributed by atoms with van der Waals surface area (Å²) in [5.41, 5.74) is 3.29. The first kappa shape index (κ1) is 19.3. The van der Waals surface area contributed by atoms with Gasteiger partial charge in [0, 0.05) is 23.9 Å². The highest BCUT2D eigenvalue weighted by Crippen LogP contribution is 2.19. The second-order valence-corrected chi connectivity index (χ2v) is 6.25. The molecule has 0 aliphatic carbocycles. The van der Waals surface area contributed by atoms with Crippen molar-refractivity contribution in [2.24, 2.45) is 0 Å². The van der Waals surface area contributed by atoms with E-state index in [0.717, 1.165) is 11.1 Å². The van der Waals surface area contributed by atoms with Crippen molar-refractivity contribution in [2.75, 3.05) is 6.61 Å². The van der Waals surface area contributed by atoms with Crippen LogP contribution in [0.25, 0.3) is 11.1 Å². The average Bonchev–Trinajstić information content (AvgIpc) is 2.75. The molecule has 1 aromatic heterocycles. The third kappa shape index (κ3) is 5.04. The van der Waals surface area contributed by atoms with E-state index in [0.29, 0.717) is 11.3 Å². The van der Waals surface area contributed by atoms with Crippen molar-refractivity contribution in [2.45, 2.75) is 19.4 Å². The zero-order valence-electron chi connectivity index (χ0n) is 15.7. The number of ether oxygens (including phenoxy) is 1. The molecule has 0 unspecified atom stereocenters. The minimum atomic E-state index is -0.795. The van der Waals surface area contributed by atoms with Crippen molar-refractivity contribution in [1.82, 2.24) is 10.3 Å². The molecule has 1 heterocycles. The van der Waals surface area contributed by atoms with Crippen LogP contribution in [0.4, 0.5) is 0 Å². The Bertz CT molecular complexity index is 910. The van der Waals surface area contributed by atoms with Gasteiger partial charge in [-0.2, -0.15) is 0 Å². The van der Waals surface area contributed by atoms with Crippen molar-refractivity contribution in [3.8, 4) is 11.1 Å². The Morgan fingerprint density at radius 2 is 1.61 bits per heavy atom. The van der Waals surface area contributed by atoms with Crippen LogP contribution in [-0.2, 0) is 16.0 Å². The van der Waals surface area contributed by atoms with Gasteiger partial charge in [0.2, 0.25) is 0 Å². The Morgan fingerprint density at radius 3 is 2.25 bits per heavy atom. The molecule has 1 N–H and O–H groups in total. The maximum atomic E-state index is 12.7. The molecule has 28 heavy (non-hydrogen) atoms. The van der Waals surface area contributed by atoms with Crippen molar-refractivity contribution in [3.05, 3.63) is 90.3 Å². The van der Waals surface area contributed by atoms with E-state index in [1.165, 1.54) is 0 Å². The summed E-state index contributed by atoms with van der Waals surface area (Å²) in [6, 6.07) is 21.9. The number of pyridine rings is 1. The highest BCUT2D eigenvalue weighted by atomic mass is 16.5. The lowest BCUT2D eigenvalue weighted by atomic mass is 10.0. The number of carbonyl (C=O) groups excluding carboxylic acids is 2. The van der Waals surface area contributed by atoms with Gasteiger partial charge in [-0.25, -0.2) is 4.79 Å². The lowest BCUT2D eigenvalue weighted by Crippen LogP contribution is -2.43. The highest BCUT2D eigenvalue weighted by Gasteiger charge is 2.23. The molecule has 3 aromatic rings. The molecule has 0 spiro atoms. The minimum Gasteiger partial charge on any atom is -0.464 e. The van der Waals surface area contributed by atoms with E-state index < -0.39 is 12.0 Å². The maximum Gasteiger partial charge on any atom is 0.329 e. The van der Waals surface area contributed by atoms with E-state index in [2.05, 4.69) is 10.3 Å². The Balaban J connectivity index is 1.73. The molecule has 0 bridgehead atoms. The summed E-state index contributed by atoms with van der Waals surface area (Å²) in [7, 11) is 0. The van der Waals surface area contributed by atoms with Crippen LogP contribution in [0.2, 0.25) is 0 Å². The molecule has 0 saturated heterocycles. The molecule has 2 aromatic carbocycles. The predicted molar refractivity (Wildman–Crippen MR) is 108 cm³/mol. The predicted octanol–water partition coefficient (Wildman–Crippen LogP) is 3.65. The van der Waals surface area contributed by atoms with Gasteiger partial charge >= 0.3 is 5.97 Å². The molecule has 1 amide bonds. The molecule has 5 nitrogen and oxygen atoms in total.